The van der Waals surface area contributed by atoms with Crippen molar-refractivity contribution in [1.82, 2.24) is 5.32 Å². The zero-order chi connectivity index (χ0) is 16.7. The van der Waals surface area contributed by atoms with Crippen molar-refractivity contribution in [3.8, 4) is 0 Å². The number of carbonyl (C=O) groups excluding carboxylic acids is 2. The maximum absolute atomic E-state index is 12.1. The number of benzene rings is 1. The van der Waals surface area contributed by atoms with Gasteiger partial charge in [-0.25, -0.2) is 0 Å². The lowest BCUT2D eigenvalue weighted by atomic mass is 9.79. The third kappa shape index (κ3) is 5.76. The first kappa shape index (κ1) is 18.2. The Hall–Kier alpha value is -1.15. The van der Waals surface area contributed by atoms with Crippen molar-refractivity contribution in [2.75, 3.05) is 19.0 Å². The molecule has 0 spiro atoms. The molecule has 0 saturated heterocycles. The Morgan fingerprint density at radius 2 is 1.83 bits per heavy atom. The van der Waals surface area contributed by atoms with Gasteiger partial charge in [0.25, 0.3) is 0 Å². The van der Waals surface area contributed by atoms with E-state index >= 15 is 0 Å². The number of halogens is 1. The average Bonchev–Trinajstić information content (AvgIpc) is 2.56. The Bertz CT molecular complexity index is 539. The summed E-state index contributed by atoms with van der Waals surface area (Å²) in [5.41, 5.74) is 0.470. The van der Waals surface area contributed by atoms with Gasteiger partial charge in [0.1, 0.15) is 0 Å². The molecule has 6 heteroatoms. The third-order valence-corrected chi connectivity index (χ3v) is 4.99. The lowest BCUT2D eigenvalue weighted by molar-refractivity contribution is -0.143. The standard InChI is InChI=1S/C17H23IN2O3/c1-23-16(22)11-17(9-3-2-4-10-17)19-12-15(21)20-14-7-5-13(18)6-8-14/h5-8,19H,2-4,9-12H2,1H3,(H,20,21). The van der Waals surface area contributed by atoms with Crippen molar-refractivity contribution >= 4 is 40.2 Å². The number of amides is 1. The highest BCUT2D eigenvalue weighted by Crippen LogP contribution is 2.31. The molecule has 2 N–H and O–H groups in total. The highest BCUT2D eigenvalue weighted by molar-refractivity contribution is 14.1. The van der Waals surface area contributed by atoms with E-state index in [1.807, 2.05) is 24.3 Å². The molecular weight excluding hydrogens is 407 g/mol. The van der Waals surface area contributed by atoms with E-state index in [1.165, 1.54) is 13.5 Å². The van der Waals surface area contributed by atoms with Crippen molar-refractivity contribution in [3.63, 3.8) is 0 Å². The summed E-state index contributed by atoms with van der Waals surface area (Å²) >= 11 is 2.22. The van der Waals surface area contributed by atoms with Crippen molar-refractivity contribution in [2.45, 2.75) is 44.1 Å². The minimum atomic E-state index is -0.311. The highest BCUT2D eigenvalue weighted by Gasteiger charge is 2.34. The first-order valence-electron chi connectivity index (χ1n) is 7.90. The Labute approximate surface area is 150 Å². The monoisotopic (exact) mass is 430 g/mol. The molecule has 2 rings (SSSR count). The number of anilines is 1. The van der Waals surface area contributed by atoms with Crippen LogP contribution in [0, 0.1) is 3.57 Å². The molecule has 1 amide bonds. The van der Waals surface area contributed by atoms with Crippen molar-refractivity contribution in [2.24, 2.45) is 0 Å². The zero-order valence-corrected chi connectivity index (χ0v) is 15.5. The molecule has 1 aliphatic rings. The normalized spacial score (nSPS) is 16.6. The number of ether oxygens (including phenoxy) is 1. The molecule has 1 aliphatic carbocycles. The molecule has 23 heavy (non-hydrogen) atoms. The average molecular weight is 430 g/mol. The fourth-order valence-corrected chi connectivity index (χ4v) is 3.36. The quantitative estimate of drug-likeness (QED) is 0.538. The first-order chi connectivity index (χ1) is 11.0. The van der Waals surface area contributed by atoms with Gasteiger partial charge in [0, 0.05) is 14.8 Å². The largest absolute Gasteiger partial charge is 0.469 e. The molecule has 0 radical (unpaired) electrons. The lowest BCUT2D eigenvalue weighted by Gasteiger charge is -2.37. The number of esters is 1. The predicted molar refractivity (Wildman–Crippen MR) is 98.2 cm³/mol. The van der Waals surface area contributed by atoms with Crippen LogP contribution in [-0.4, -0.2) is 31.1 Å². The maximum atomic E-state index is 12.1. The minimum absolute atomic E-state index is 0.0963. The third-order valence-electron chi connectivity index (χ3n) is 4.27. The van der Waals surface area contributed by atoms with Gasteiger partial charge in [-0.15, -0.1) is 0 Å². The van der Waals surface area contributed by atoms with Crippen LogP contribution >= 0.6 is 22.6 Å². The summed E-state index contributed by atoms with van der Waals surface area (Å²) in [7, 11) is 1.41. The molecule has 0 bridgehead atoms. The van der Waals surface area contributed by atoms with Gasteiger partial charge in [0.2, 0.25) is 5.91 Å². The van der Waals surface area contributed by atoms with Gasteiger partial charge in [-0.1, -0.05) is 19.3 Å². The second-order valence-electron chi connectivity index (χ2n) is 6.00. The zero-order valence-electron chi connectivity index (χ0n) is 13.4. The van der Waals surface area contributed by atoms with E-state index in [9.17, 15) is 9.59 Å². The molecule has 5 nitrogen and oxygen atoms in total. The molecule has 0 aromatic heterocycles. The Balaban J connectivity index is 1.90. The molecule has 0 heterocycles. The van der Waals surface area contributed by atoms with Crippen molar-refractivity contribution in [3.05, 3.63) is 27.8 Å². The molecule has 1 fully saturated rings. The van der Waals surface area contributed by atoms with Crippen molar-refractivity contribution in [1.29, 1.82) is 0 Å². The summed E-state index contributed by atoms with van der Waals surface area (Å²) in [4.78, 5) is 23.8. The number of methoxy groups -OCH3 is 1. The number of hydrogen-bond acceptors (Lipinski definition) is 4. The van der Waals surface area contributed by atoms with E-state index in [-0.39, 0.29) is 24.0 Å². The smallest absolute Gasteiger partial charge is 0.307 e. The van der Waals surface area contributed by atoms with Gasteiger partial charge >= 0.3 is 5.97 Å². The van der Waals surface area contributed by atoms with Crippen LogP contribution in [0.3, 0.4) is 0 Å². The summed E-state index contributed by atoms with van der Waals surface area (Å²) in [6.07, 6.45) is 5.45. The van der Waals surface area contributed by atoms with E-state index in [0.29, 0.717) is 6.42 Å². The van der Waals surface area contributed by atoms with E-state index in [4.69, 9.17) is 4.74 Å². The second kappa shape index (κ2) is 8.63. The van der Waals surface area contributed by atoms with E-state index < -0.39 is 0 Å². The second-order valence-corrected chi connectivity index (χ2v) is 7.25. The Kier molecular flexibility index (Phi) is 6.83. The Morgan fingerprint density at radius 1 is 1.17 bits per heavy atom. The van der Waals surface area contributed by atoms with Crippen LogP contribution < -0.4 is 10.6 Å². The number of nitrogens with one attached hydrogen (secondary N) is 2. The fraction of sp³-hybridized carbons (Fsp3) is 0.529. The highest BCUT2D eigenvalue weighted by atomic mass is 127. The molecule has 0 unspecified atom stereocenters. The summed E-state index contributed by atoms with van der Waals surface area (Å²) in [6.45, 7) is 0.197. The van der Waals surface area contributed by atoms with Gasteiger partial charge in [0.05, 0.1) is 20.1 Å². The van der Waals surface area contributed by atoms with Gasteiger partial charge in [-0.05, 0) is 59.7 Å². The van der Waals surface area contributed by atoms with Crippen LogP contribution in [0.25, 0.3) is 0 Å². The Morgan fingerprint density at radius 3 is 2.43 bits per heavy atom. The SMILES string of the molecule is COC(=O)CC1(NCC(=O)Nc2ccc(I)cc2)CCCCC1. The van der Waals surface area contributed by atoms with Crippen LogP contribution in [0.1, 0.15) is 38.5 Å². The molecule has 1 aromatic rings. The summed E-state index contributed by atoms with van der Waals surface area (Å²) in [5, 5.41) is 6.19. The van der Waals surface area contributed by atoms with E-state index in [2.05, 4.69) is 33.2 Å². The molecular formula is C17H23IN2O3. The number of carbonyl (C=O) groups is 2. The number of hydrogen-bond donors (Lipinski definition) is 2. The maximum Gasteiger partial charge on any atom is 0.307 e. The van der Waals surface area contributed by atoms with Gasteiger partial charge in [-0.2, -0.15) is 0 Å². The van der Waals surface area contributed by atoms with Crippen molar-refractivity contribution < 1.29 is 14.3 Å². The van der Waals surface area contributed by atoms with Crippen LogP contribution in [0.15, 0.2) is 24.3 Å². The minimum Gasteiger partial charge on any atom is -0.469 e. The van der Waals surface area contributed by atoms with Crippen LogP contribution in [0.4, 0.5) is 5.69 Å². The van der Waals surface area contributed by atoms with E-state index in [1.54, 1.807) is 0 Å². The van der Waals surface area contributed by atoms with Crippen LogP contribution in [-0.2, 0) is 14.3 Å². The van der Waals surface area contributed by atoms with Crippen LogP contribution in [0.2, 0.25) is 0 Å². The summed E-state index contributed by atoms with van der Waals surface area (Å²) in [6, 6.07) is 7.65. The summed E-state index contributed by atoms with van der Waals surface area (Å²) < 4.78 is 5.93. The lowest BCUT2D eigenvalue weighted by Crippen LogP contribution is -2.51. The molecule has 126 valence electrons. The fourth-order valence-electron chi connectivity index (χ4n) is 3.00. The molecule has 0 aliphatic heterocycles. The first-order valence-corrected chi connectivity index (χ1v) is 8.98. The molecule has 1 saturated carbocycles. The number of rotatable bonds is 6. The van der Waals surface area contributed by atoms with Gasteiger partial charge in [-0.3, -0.25) is 9.59 Å². The topological polar surface area (TPSA) is 67.4 Å². The van der Waals surface area contributed by atoms with Crippen LogP contribution in [0.5, 0.6) is 0 Å². The molecule has 1 aromatic carbocycles. The van der Waals surface area contributed by atoms with Gasteiger partial charge < -0.3 is 15.4 Å². The summed E-state index contributed by atoms with van der Waals surface area (Å²) in [5.74, 6) is -0.321. The molecule has 0 atom stereocenters. The predicted octanol–water partition coefficient (Wildman–Crippen LogP) is 3.09. The van der Waals surface area contributed by atoms with Gasteiger partial charge in [0.15, 0.2) is 0 Å². The van der Waals surface area contributed by atoms with E-state index in [0.717, 1.165) is 34.9 Å².